The topological polar surface area (TPSA) is 44.5 Å². The fraction of sp³-hybridized carbons (Fsp3) is 0.200. The largest absolute Gasteiger partial charge is 0.497 e. The van der Waals surface area contributed by atoms with Gasteiger partial charge in [0.15, 0.2) is 0 Å². The third-order valence-corrected chi connectivity index (χ3v) is 2.95. The van der Waals surface area contributed by atoms with E-state index in [0.29, 0.717) is 0 Å². The van der Waals surface area contributed by atoms with Crippen LogP contribution in [-0.2, 0) is 0 Å². The molecule has 3 nitrogen and oxygen atoms in total. The van der Waals surface area contributed by atoms with Crippen LogP contribution in [0.15, 0.2) is 48.5 Å². The van der Waals surface area contributed by atoms with Gasteiger partial charge in [-0.2, -0.15) is 0 Å². The summed E-state index contributed by atoms with van der Waals surface area (Å²) < 4.78 is 10.5. The van der Waals surface area contributed by atoms with Gasteiger partial charge in [-0.15, -0.1) is 0 Å². The summed E-state index contributed by atoms with van der Waals surface area (Å²) in [5, 5.41) is 0. The Bertz CT molecular complexity index is 508. The Morgan fingerprint density at radius 2 is 1.56 bits per heavy atom. The predicted molar refractivity (Wildman–Crippen MR) is 72.0 cm³/mol. The van der Waals surface area contributed by atoms with Gasteiger partial charge in [0.05, 0.1) is 20.3 Å². The minimum atomic E-state index is -0.202. The normalized spacial score (nSPS) is 11.9. The van der Waals surface area contributed by atoms with Crippen LogP contribution in [0, 0.1) is 0 Å². The molecule has 3 heteroatoms. The molecule has 0 aliphatic heterocycles. The molecule has 1 atom stereocenters. The number of nitrogens with two attached hydrogens (primary N) is 1. The van der Waals surface area contributed by atoms with Gasteiger partial charge in [-0.1, -0.05) is 30.3 Å². The first kappa shape index (κ1) is 12.5. The zero-order valence-corrected chi connectivity index (χ0v) is 10.6. The summed E-state index contributed by atoms with van der Waals surface area (Å²) in [6.07, 6.45) is 0. The van der Waals surface area contributed by atoms with Gasteiger partial charge in [0, 0.05) is 5.56 Å². The lowest BCUT2D eigenvalue weighted by Gasteiger charge is -2.16. The smallest absolute Gasteiger partial charge is 0.123 e. The van der Waals surface area contributed by atoms with Crippen LogP contribution in [-0.4, -0.2) is 14.2 Å². The van der Waals surface area contributed by atoms with Crippen molar-refractivity contribution < 1.29 is 9.47 Å². The highest BCUT2D eigenvalue weighted by molar-refractivity contribution is 5.42. The van der Waals surface area contributed by atoms with Gasteiger partial charge >= 0.3 is 0 Å². The molecular weight excluding hydrogens is 226 g/mol. The lowest BCUT2D eigenvalue weighted by atomic mass is 9.99. The Kier molecular flexibility index (Phi) is 3.85. The van der Waals surface area contributed by atoms with E-state index in [9.17, 15) is 0 Å². The van der Waals surface area contributed by atoms with E-state index in [1.807, 2.05) is 48.5 Å². The third kappa shape index (κ3) is 2.46. The van der Waals surface area contributed by atoms with E-state index in [4.69, 9.17) is 15.2 Å². The number of para-hydroxylation sites is 1. The van der Waals surface area contributed by atoms with E-state index in [-0.39, 0.29) is 6.04 Å². The Labute approximate surface area is 107 Å². The van der Waals surface area contributed by atoms with Crippen LogP contribution in [0.3, 0.4) is 0 Å². The molecule has 2 aromatic carbocycles. The Balaban J connectivity index is 2.31. The summed E-state index contributed by atoms with van der Waals surface area (Å²) in [5.74, 6) is 1.63. The van der Waals surface area contributed by atoms with Crippen molar-refractivity contribution in [3.05, 3.63) is 59.7 Å². The van der Waals surface area contributed by atoms with E-state index in [0.717, 1.165) is 22.6 Å². The van der Waals surface area contributed by atoms with Crippen LogP contribution < -0.4 is 15.2 Å². The highest BCUT2D eigenvalue weighted by Gasteiger charge is 2.13. The lowest BCUT2D eigenvalue weighted by molar-refractivity contribution is 0.407. The summed E-state index contributed by atoms with van der Waals surface area (Å²) in [5.41, 5.74) is 8.27. The molecule has 0 saturated carbocycles. The van der Waals surface area contributed by atoms with E-state index < -0.39 is 0 Å². The molecule has 0 radical (unpaired) electrons. The van der Waals surface area contributed by atoms with E-state index in [1.54, 1.807) is 14.2 Å². The maximum atomic E-state index is 6.26. The van der Waals surface area contributed by atoms with Gasteiger partial charge in [0.1, 0.15) is 11.5 Å². The van der Waals surface area contributed by atoms with E-state index >= 15 is 0 Å². The first-order valence-corrected chi connectivity index (χ1v) is 5.78. The van der Waals surface area contributed by atoms with Crippen LogP contribution in [0.2, 0.25) is 0 Å². The van der Waals surface area contributed by atoms with Gasteiger partial charge in [-0.25, -0.2) is 0 Å². The first-order valence-electron chi connectivity index (χ1n) is 5.78. The molecule has 0 aliphatic rings. The third-order valence-electron chi connectivity index (χ3n) is 2.95. The van der Waals surface area contributed by atoms with Gasteiger partial charge in [0.25, 0.3) is 0 Å². The Morgan fingerprint density at radius 3 is 2.17 bits per heavy atom. The van der Waals surface area contributed by atoms with Crippen molar-refractivity contribution in [2.75, 3.05) is 14.2 Å². The second-order valence-corrected chi connectivity index (χ2v) is 3.99. The molecule has 94 valence electrons. The zero-order chi connectivity index (χ0) is 13.0. The Hall–Kier alpha value is -2.00. The van der Waals surface area contributed by atoms with Crippen molar-refractivity contribution >= 4 is 0 Å². The second kappa shape index (κ2) is 5.56. The molecule has 0 fully saturated rings. The molecule has 0 bridgehead atoms. The number of methoxy groups -OCH3 is 2. The highest BCUT2D eigenvalue weighted by atomic mass is 16.5. The number of ether oxygens (including phenoxy) is 2. The van der Waals surface area contributed by atoms with Crippen molar-refractivity contribution in [1.82, 2.24) is 0 Å². The quantitative estimate of drug-likeness (QED) is 0.898. The molecular formula is C15H17NO2. The molecule has 0 unspecified atom stereocenters. The van der Waals surface area contributed by atoms with Crippen LogP contribution >= 0.6 is 0 Å². The molecule has 2 N–H and O–H groups in total. The molecule has 0 saturated heterocycles. The number of rotatable bonds is 4. The van der Waals surface area contributed by atoms with Crippen molar-refractivity contribution in [2.24, 2.45) is 5.73 Å². The van der Waals surface area contributed by atoms with E-state index in [2.05, 4.69) is 0 Å². The summed E-state index contributed by atoms with van der Waals surface area (Å²) in [6.45, 7) is 0. The number of benzene rings is 2. The molecule has 2 rings (SSSR count). The molecule has 0 aromatic heterocycles. The summed E-state index contributed by atoms with van der Waals surface area (Å²) in [7, 11) is 3.30. The number of hydrogen-bond donors (Lipinski definition) is 1. The monoisotopic (exact) mass is 243 g/mol. The van der Waals surface area contributed by atoms with Crippen molar-refractivity contribution in [2.45, 2.75) is 6.04 Å². The van der Waals surface area contributed by atoms with E-state index in [1.165, 1.54) is 0 Å². The Morgan fingerprint density at radius 1 is 0.889 bits per heavy atom. The van der Waals surface area contributed by atoms with Gasteiger partial charge in [-0.3, -0.25) is 0 Å². The average Bonchev–Trinajstić information content (AvgIpc) is 2.46. The van der Waals surface area contributed by atoms with Crippen LogP contribution in [0.4, 0.5) is 0 Å². The molecule has 0 heterocycles. The van der Waals surface area contributed by atoms with Gasteiger partial charge in [-0.05, 0) is 23.8 Å². The maximum absolute atomic E-state index is 6.26. The van der Waals surface area contributed by atoms with Crippen LogP contribution in [0.5, 0.6) is 11.5 Å². The molecule has 2 aromatic rings. The van der Waals surface area contributed by atoms with Crippen LogP contribution in [0.25, 0.3) is 0 Å². The van der Waals surface area contributed by atoms with Crippen LogP contribution in [0.1, 0.15) is 17.2 Å². The summed E-state index contributed by atoms with van der Waals surface area (Å²) in [4.78, 5) is 0. The SMILES string of the molecule is COc1ccc([C@H](N)c2ccccc2OC)cc1. The molecule has 0 spiro atoms. The zero-order valence-electron chi connectivity index (χ0n) is 10.6. The van der Waals surface area contributed by atoms with Gasteiger partial charge < -0.3 is 15.2 Å². The first-order chi connectivity index (χ1) is 8.76. The minimum Gasteiger partial charge on any atom is -0.497 e. The van der Waals surface area contributed by atoms with Crippen molar-refractivity contribution in [1.29, 1.82) is 0 Å². The summed E-state index contributed by atoms with van der Waals surface area (Å²) in [6, 6.07) is 15.3. The fourth-order valence-electron chi connectivity index (χ4n) is 1.91. The minimum absolute atomic E-state index is 0.202. The second-order valence-electron chi connectivity index (χ2n) is 3.99. The number of hydrogen-bond acceptors (Lipinski definition) is 3. The molecule has 0 aliphatic carbocycles. The standard InChI is InChI=1S/C15H17NO2/c1-17-12-9-7-11(8-10-12)15(16)13-5-3-4-6-14(13)18-2/h3-10,15H,16H2,1-2H3/t15-/m0/s1. The van der Waals surface area contributed by atoms with Gasteiger partial charge in [0.2, 0.25) is 0 Å². The fourth-order valence-corrected chi connectivity index (χ4v) is 1.91. The van der Waals surface area contributed by atoms with Crippen molar-refractivity contribution in [3.63, 3.8) is 0 Å². The maximum Gasteiger partial charge on any atom is 0.123 e. The highest BCUT2D eigenvalue weighted by Crippen LogP contribution is 2.28. The average molecular weight is 243 g/mol. The lowest BCUT2D eigenvalue weighted by Crippen LogP contribution is -2.12. The molecule has 0 amide bonds. The van der Waals surface area contributed by atoms with Crippen molar-refractivity contribution in [3.8, 4) is 11.5 Å². The summed E-state index contributed by atoms with van der Waals surface area (Å²) >= 11 is 0. The molecule has 18 heavy (non-hydrogen) atoms. The predicted octanol–water partition coefficient (Wildman–Crippen LogP) is 2.75.